The van der Waals surface area contributed by atoms with Crippen molar-refractivity contribution in [2.24, 2.45) is 5.73 Å². The second kappa shape index (κ2) is 5.89. The Kier molecular flexibility index (Phi) is 4.94. The van der Waals surface area contributed by atoms with E-state index >= 15 is 0 Å². The summed E-state index contributed by atoms with van der Waals surface area (Å²) in [7, 11) is -3.62. The normalized spacial score (nSPS) is 13.3. The van der Waals surface area contributed by atoms with Crippen LogP contribution in [0.5, 0.6) is 0 Å². The molecule has 0 bridgehead atoms. The maximum atomic E-state index is 13.9. The van der Waals surface area contributed by atoms with E-state index in [9.17, 15) is 17.6 Å². The molecule has 1 atom stereocenters. The summed E-state index contributed by atoms with van der Waals surface area (Å²) in [6.45, 7) is 0. The van der Waals surface area contributed by atoms with Crippen LogP contribution in [0.3, 0.4) is 0 Å². The summed E-state index contributed by atoms with van der Waals surface area (Å²) in [5.74, 6) is -1.85. The highest BCUT2D eigenvalue weighted by Crippen LogP contribution is 2.31. The molecule has 5 nitrogen and oxygen atoms in total. The molecule has 1 rings (SSSR count). The van der Waals surface area contributed by atoms with E-state index in [1.165, 1.54) is 6.07 Å². The zero-order valence-electron chi connectivity index (χ0n) is 10.4. The Morgan fingerprint density at radius 2 is 2.11 bits per heavy atom. The third kappa shape index (κ3) is 3.92. The van der Waals surface area contributed by atoms with Gasteiger partial charge in [-0.05, 0) is 24.0 Å². The van der Waals surface area contributed by atoms with Gasteiger partial charge in [0.1, 0.15) is 5.82 Å². The van der Waals surface area contributed by atoms with Gasteiger partial charge in [0.25, 0.3) is 0 Å². The number of nitrogens with two attached hydrogens (primary N) is 1. The number of hydrogen-bond donors (Lipinski definition) is 2. The Hall–Kier alpha value is -1.12. The van der Waals surface area contributed by atoms with Crippen molar-refractivity contribution in [3.8, 4) is 0 Å². The minimum absolute atomic E-state index is 0.00813. The number of sulfone groups is 1. The summed E-state index contributed by atoms with van der Waals surface area (Å²) < 4.78 is 37.1. The topological polar surface area (TPSA) is 97.5 Å². The van der Waals surface area contributed by atoms with Gasteiger partial charge in [-0.3, -0.25) is 4.79 Å². The standard InChI is InChI=1S/C11H14FNO4S2/c1-18-11-7(12)3-6(8(13)5-10(14)15)4-9(11)19(2,16)17/h3-4,8H,5,13H2,1-2H3,(H,14,15). The summed E-state index contributed by atoms with van der Waals surface area (Å²) in [6.07, 6.45) is 2.12. The van der Waals surface area contributed by atoms with Gasteiger partial charge in [-0.2, -0.15) is 0 Å². The molecule has 8 heteroatoms. The summed E-state index contributed by atoms with van der Waals surface area (Å²) in [4.78, 5) is 10.4. The fourth-order valence-corrected chi connectivity index (χ4v) is 3.58. The molecular formula is C11H14FNO4S2. The molecule has 0 amide bonds. The predicted octanol–water partition coefficient (Wildman–Crippen LogP) is 1.43. The molecule has 3 N–H and O–H groups in total. The first-order chi connectivity index (χ1) is 8.66. The van der Waals surface area contributed by atoms with E-state index in [1.807, 2.05) is 0 Å². The van der Waals surface area contributed by atoms with Gasteiger partial charge in [0.15, 0.2) is 9.84 Å². The molecule has 0 radical (unpaired) electrons. The van der Waals surface area contributed by atoms with E-state index in [1.54, 1.807) is 6.26 Å². The minimum atomic E-state index is -3.62. The van der Waals surface area contributed by atoms with Crippen molar-refractivity contribution in [3.63, 3.8) is 0 Å². The number of rotatable bonds is 5. The lowest BCUT2D eigenvalue weighted by molar-refractivity contribution is -0.137. The summed E-state index contributed by atoms with van der Waals surface area (Å²) in [6, 6.07) is 1.36. The average molecular weight is 307 g/mol. The molecule has 0 aliphatic carbocycles. The van der Waals surface area contributed by atoms with Crippen LogP contribution in [-0.4, -0.2) is 32.0 Å². The van der Waals surface area contributed by atoms with Crippen LogP contribution in [0, 0.1) is 5.82 Å². The summed E-state index contributed by atoms with van der Waals surface area (Å²) in [5.41, 5.74) is 5.77. The summed E-state index contributed by atoms with van der Waals surface area (Å²) >= 11 is 0.972. The highest BCUT2D eigenvalue weighted by molar-refractivity contribution is 7.99. The minimum Gasteiger partial charge on any atom is -0.481 e. The Bertz CT molecular complexity index is 601. The number of carboxylic acid groups (broad SMARTS) is 1. The fraction of sp³-hybridized carbons (Fsp3) is 0.364. The maximum Gasteiger partial charge on any atom is 0.305 e. The van der Waals surface area contributed by atoms with Crippen molar-refractivity contribution in [2.45, 2.75) is 22.3 Å². The first-order valence-electron chi connectivity index (χ1n) is 5.21. The van der Waals surface area contributed by atoms with E-state index in [0.717, 1.165) is 24.1 Å². The molecule has 1 unspecified atom stereocenters. The van der Waals surface area contributed by atoms with Gasteiger partial charge in [0, 0.05) is 12.3 Å². The van der Waals surface area contributed by atoms with Crippen LogP contribution in [0.25, 0.3) is 0 Å². The molecule has 106 valence electrons. The van der Waals surface area contributed by atoms with Crippen LogP contribution >= 0.6 is 11.8 Å². The van der Waals surface area contributed by atoms with Gasteiger partial charge in [0.2, 0.25) is 0 Å². The lowest BCUT2D eigenvalue weighted by Crippen LogP contribution is -2.16. The second-order valence-electron chi connectivity index (χ2n) is 4.01. The Morgan fingerprint density at radius 3 is 2.53 bits per heavy atom. The predicted molar refractivity (Wildman–Crippen MR) is 70.5 cm³/mol. The van der Waals surface area contributed by atoms with E-state index in [-0.39, 0.29) is 15.4 Å². The van der Waals surface area contributed by atoms with E-state index < -0.39 is 34.1 Å². The Morgan fingerprint density at radius 1 is 1.53 bits per heavy atom. The quantitative estimate of drug-likeness (QED) is 0.799. The number of benzene rings is 1. The van der Waals surface area contributed by atoms with Crippen LogP contribution in [0.2, 0.25) is 0 Å². The number of halogens is 1. The molecule has 0 aliphatic rings. The summed E-state index contributed by atoms with van der Waals surface area (Å²) in [5, 5.41) is 8.65. The van der Waals surface area contributed by atoms with E-state index in [2.05, 4.69) is 0 Å². The molecular weight excluding hydrogens is 293 g/mol. The lowest BCUT2D eigenvalue weighted by Gasteiger charge is -2.14. The zero-order valence-corrected chi connectivity index (χ0v) is 12.0. The van der Waals surface area contributed by atoms with Gasteiger partial charge >= 0.3 is 5.97 Å². The lowest BCUT2D eigenvalue weighted by atomic mass is 10.0. The monoisotopic (exact) mass is 307 g/mol. The molecule has 0 spiro atoms. The van der Waals surface area contributed by atoms with Crippen LogP contribution in [0.1, 0.15) is 18.0 Å². The first kappa shape index (κ1) is 15.9. The molecule has 0 saturated carbocycles. The molecule has 19 heavy (non-hydrogen) atoms. The molecule has 0 heterocycles. The van der Waals surface area contributed by atoms with Crippen LogP contribution in [-0.2, 0) is 14.6 Å². The smallest absolute Gasteiger partial charge is 0.305 e. The largest absolute Gasteiger partial charge is 0.481 e. The molecule has 0 aliphatic heterocycles. The number of hydrogen-bond acceptors (Lipinski definition) is 5. The number of aliphatic carboxylic acids is 1. The first-order valence-corrected chi connectivity index (χ1v) is 8.33. The molecule has 0 fully saturated rings. The third-order valence-electron chi connectivity index (χ3n) is 2.46. The van der Waals surface area contributed by atoms with Gasteiger partial charge in [-0.25, -0.2) is 12.8 Å². The molecule has 1 aromatic carbocycles. The zero-order chi connectivity index (χ0) is 14.8. The van der Waals surface area contributed by atoms with Crippen molar-refractivity contribution in [1.82, 2.24) is 0 Å². The number of carboxylic acids is 1. The highest BCUT2D eigenvalue weighted by Gasteiger charge is 2.21. The number of thioether (sulfide) groups is 1. The Labute approximate surface area is 114 Å². The van der Waals surface area contributed by atoms with Crippen molar-refractivity contribution in [1.29, 1.82) is 0 Å². The highest BCUT2D eigenvalue weighted by atomic mass is 32.2. The fourth-order valence-electron chi connectivity index (χ4n) is 1.58. The second-order valence-corrected chi connectivity index (χ2v) is 6.81. The average Bonchev–Trinajstić information content (AvgIpc) is 2.25. The van der Waals surface area contributed by atoms with Gasteiger partial charge in [0.05, 0.1) is 16.2 Å². The van der Waals surface area contributed by atoms with Crippen LogP contribution in [0.15, 0.2) is 21.9 Å². The molecule has 1 aromatic rings. The molecule has 0 saturated heterocycles. The van der Waals surface area contributed by atoms with Gasteiger partial charge < -0.3 is 10.8 Å². The van der Waals surface area contributed by atoms with Crippen molar-refractivity contribution >= 4 is 27.6 Å². The van der Waals surface area contributed by atoms with Crippen molar-refractivity contribution in [3.05, 3.63) is 23.5 Å². The molecule has 0 aromatic heterocycles. The van der Waals surface area contributed by atoms with Gasteiger partial charge in [-0.1, -0.05) is 0 Å². The Balaban J connectivity index is 3.39. The van der Waals surface area contributed by atoms with E-state index in [0.29, 0.717) is 0 Å². The van der Waals surface area contributed by atoms with E-state index in [4.69, 9.17) is 10.8 Å². The van der Waals surface area contributed by atoms with Crippen molar-refractivity contribution < 1.29 is 22.7 Å². The van der Waals surface area contributed by atoms with Crippen LogP contribution in [0.4, 0.5) is 4.39 Å². The number of carbonyl (C=O) groups is 1. The van der Waals surface area contributed by atoms with Crippen molar-refractivity contribution in [2.75, 3.05) is 12.5 Å². The third-order valence-corrected chi connectivity index (χ3v) is 4.53. The SMILES string of the molecule is CSc1c(F)cc(C(N)CC(=O)O)cc1S(C)(=O)=O. The maximum absolute atomic E-state index is 13.9. The van der Waals surface area contributed by atoms with Crippen LogP contribution < -0.4 is 5.73 Å². The van der Waals surface area contributed by atoms with Gasteiger partial charge in [-0.15, -0.1) is 11.8 Å².